The summed E-state index contributed by atoms with van der Waals surface area (Å²) in [4.78, 5) is 1.07. The quantitative estimate of drug-likeness (QED) is 0.682. The highest BCUT2D eigenvalue weighted by Crippen LogP contribution is 2.25. The maximum absolute atomic E-state index is 12.2. The molecule has 0 amide bonds. The molecule has 1 rings (SSSR count). The zero-order chi connectivity index (χ0) is 15.2. The molecule has 7 heteroatoms. The van der Waals surface area contributed by atoms with Crippen molar-refractivity contribution in [3.05, 3.63) is 16.5 Å². The molecule has 0 aliphatic carbocycles. The normalized spacial score (nSPS) is 13.6. The van der Waals surface area contributed by atoms with Crippen molar-refractivity contribution in [2.45, 2.75) is 44.0 Å². The number of sulfonamides is 1. The van der Waals surface area contributed by atoms with Crippen LogP contribution in [-0.4, -0.2) is 34.7 Å². The summed E-state index contributed by atoms with van der Waals surface area (Å²) < 4.78 is 32.3. The third-order valence-electron chi connectivity index (χ3n) is 2.94. The van der Waals surface area contributed by atoms with Gasteiger partial charge in [-0.25, -0.2) is 13.1 Å². The number of aryl methyl sites for hydroxylation is 1. The number of hydrogen-bond acceptors (Lipinski definition) is 5. The minimum absolute atomic E-state index is 0.142. The summed E-state index contributed by atoms with van der Waals surface area (Å²) in [6.07, 6.45) is 0.919. The second-order valence-corrected chi connectivity index (χ2v) is 7.88. The van der Waals surface area contributed by atoms with Crippen LogP contribution in [0.5, 0.6) is 0 Å². The van der Waals surface area contributed by atoms with Gasteiger partial charge in [0.05, 0.1) is 6.10 Å². The molecule has 0 aromatic carbocycles. The molecule has 0 aliphatic heterocycles. The Hall–Kier alpha value is -0.470. The lowest BCUT2D eigenvalue weighted by atomic mass is 10.3. The summed E-state index contributed by atoms with van der Waals surface area (Å²) in [5, 5.41) is 3.29. The van der Waals surface area contributed by atoms with E-state index in [2.05, 4.69) is 17.0 Å². The van der Waals surface area contributed by atoms with Crippen molar-refractivity contribution in [2.75, 3.05) is 20.2 Å². The first-order chi connectivity index (χ1) is 9.40. The lowest BCUT2D eigenvalue weighted by Gasteiger charge is -2.10. The summed E-state index contributed by atoms with van der Waals surface area (Å²) in [5.41, 5.74) is 1.01. The average molecular weight is 320 g/mol. The molecule has 0 radical (unpaired) electrons. The van der Waals surface area contributed by atoms with E-state index in [0.29, 0.717) is 10.8 Å². The molecule has 5 nitrogen and oxygen atoms in total. The molecule has 0 spiro atoms. The summed E-state index contributed by atoms with van der Waals surface area (Å²) in [6.45, 7) is 7.79. The van der Waals surface area contributed by atoms with Crippen molar-refractivity contribution >= 4 is 21.4 Å². The van der Waals surface area contributed by atoms with Gasteiger partial charge in [-0.3, -0.25) is 0 Å². The number of nitrogens with one attached hydrogen (secondary N) is 2. The topological polar surface area (TPSA) is 67.4 Å². The fraction of sp³-hybridized carbons (Fsp3) is 0.692. The summed E-state index contributed by atoms with van der Waals surface area (Å²) in [6, 6.07) is 1.73. The summed E-state index contributed by atoms with van der Waals surface area (Å²) in [7, 11) is -1.88. The molecular formula is C13H24N2O3S2. The first-order valence-corrected chi connectivity index (χ1v) is 9.03. The Kier molecular flexibility index (Phi) is 7.11. The number of ether oxygens (including phenoxy) is 1. The van der Waals surface area contributed by atoms with Crippen LogP contribution in [0.3, 0.4) is 0 Å². The highest BCUT2D eigenvalue weighted by Gasteiger charge is 2.19. The van der Waals surface area contributed by atoms with E-state index in [9.17, 15) is 8.42 Å². The number of hydrogen-bond donors (Lipinski definition) is 2. The van der Waals surface area contributed by atoms with E-state index in [4.69, 9.17) is 4.74 Å². The first kappa shape index (κ1) is 17.6. The van der Waals surface area contributed by atoms with Crippen molar-refractivity contribution in [1.29, 1.82) is 0 Å². The maximum Gasteiger partial charge on any atom is 0.250 e. The second kappa shape index (κ2) is 8.09. The molecule has 0 saturated heterocycles. The SMILES string of the molecule is CCCNCc1sc(S(=O)(=O)NCC(C)OC)cc1C. The molecule has 1 heterocycles. The second-order valence-electron chi connectivity index (χ2n) is 4.75. The van der Waals surface area contributed by atoms with Crippen molar-refractivity contribution < 1.29 is 13.2 Å². The highest BCUT2D eigenvalue weighted by molar-refractivity contribution is 7.91. The molecule has 0 fully saturated rings. The molecule has 1 atom stereocenters. The van der Waals surface area contributed by atoms with Gasteiger partial charge in [0.15, 0.2) is 0 Å². The molecule has 1 aromatic heterocycles. The van der Waals surface area contributed by atoms with Crippen molar-refractivity contribution in [3.8, 4) is 0 Å². The van der Waals surface area contributed by atoms with Gasteiger partial charge in [-0.05, 0) is 38.4 Å². The molecule has 116 valence electrons. The Morgan fingerprint density at radius 3 is 2.75 bits per heavy atom. The fourth-order valence-corrected chi connectivity index (χ4v) is 4.28. The Labute approximate surface area is 125 Å². The van der Waals surface area contributed by atoms with Gasteiger partial charge in [-0.1, -0.05) is 6.92 Å². The molecule has 0 saturated carbocycles. The predicted molar refractivity (Wildman–Crippen MR) is 82.7 cm³/mol. The van der Waals surface area contributed by atoms with E-state index in [-0.39, 0.29) is 12.6 Å². The molecule has 2 N–H and O–H groups in total. The van der Waals surface area contributed by atoms with Crippen LogP contribution in [0, 0.1) is 6.92 Å². The maximum atomic E-state index is 12.2. The van der Waals surface area contributed by atoms with Gasteiger partial charge in [0.25, 0.3) is 0 Å². The number of methoxy groups -OCH3 is 1. The molecule has 20 heavy (non-hydrogen) atoms. The van der Waals surface area contributed by atoms with E-state index in [1.54, 1.807) is 13.2 Å². The van der Waals surface area contributed by atoms with Crippen LogP contribution in [0.15, 0.2) is 10.3 Å². The van der Waals surface area contributed by atoms with Gasteiger partial charge >= 0.3 is 0 Å². The first-order valence-electron chi connectivity index (χ1n) is 6.73. The zero-order valence-electron chi connectivity index (χ0n) is 12.5. The van der Waals surface area contributed by atoms with E-state index in [1.165, 1.54) is 11.3 Å². The third-order valence-corrected chi connectivity index (χ3v) is 6.07. The van der Waals surface area contributed by atoms with Gasteiger partial charge < -0.3 is 10.1 Å². The van der Waals surface area contributed by atoms with Crippen LogP contribution in [0.1, 0.15) is 30.7 Å². The largest absolute Gasteiger partial charge is 0.380 e. The molecule has 1 unspecified atom stereocenters. The van der Waals surface area contributed by atoms with E-state index < -0.39 is 10.0 Å². The van der Waals surface area contributed by atoms with Gasteiger partial charge in [-0.15, -0.1) is 11.3 Å². The third kappa shape index (κ3) is 5.14. The molecule has 1 aromatic rings. The lowest BCUT2D eigenvalue weighted by Crippen LogP contribution is -2.31. The Morgan fingerprint density at radius 2 is 2.15 bits per heavy atom. The minimum atomic E-state index is -3.44. The van der Waals surface area contributed by atoms with Gasteiger partial charge in [0.2, 0.25) is 10.0 Å². The van der Waals surface area contributed by atoms with E-state index in [1.807, 2.05) is 13.8 Å². The monoisotopic (exact) mass is 320 g/mol. The van der Waals surface area contributed by atoms with Crippen LogP contribution in [-0.2, 0) is 21.3 Å². The summed E-state index contributed by atoms with van der Waals surface area (Å²) >= 11 is 1.32. The average Bonchev–Trinajstić information content (AvgIpc) is 2.79. The van der Waals surface area contributed by atoms with Crippen LogP contribution in [0.25, 0.3) is 0 Å². The number of thiophene rings is 1. The van der Waals surface area contributed by atoms with Crippen LogP contribution in [0.4, 0.5) is 0 Å². The van der Waals surface area contributed by atoms with Gasteiger partial charge in [-0.2, -0.15) is 0 Å². The van der Waals surface area contributed by atoms with Gasteiger partial charge in [0.1, 0.15) is 4.21 Å². The fourth-order valence-electron chi connectivity index (χ4n) is 1.56. The molecular weight excluding hydrogens is 296 g/mol. The van der Waals surface area contributed by atoms with Crippen molar-refractivity contribution in [1.82, 2.24) is 10.0 Å². The molecule has 0 bridgehead atoms. The Balaban J connectivity index is 2.73. The van der Waals surface area contributed by atoms with E-state index >= 15 is 0 Å². The minimum Gasteiger partial charge on any atom is -0.380 e. The Morgan fingerprint density at radius 1 is 1.45 bits per heavy atom. The van der Waals surface area contributed by atoms with Crippen molar-refractivity contribution in [3.63, 3.8) is 0 Å². The van der Waals surface area contributed by atoms with Crippen LogP contribution >= 0.6 is 11.3 Å². The van der Waals surface area contributed by atoms with Gasteiger partial charge in [0, 0.05) is 25.1 Å². The van der Waals surface area contributed by atoms with Crippen LogP contribution in [0.2, 0.25) is 0 Å². The van der Waals surface area contributed by atoms with E-state index in [0.717, 1.165) is 23.4 Å². The summed E-state index contributed by atoms with van der Waals surface area (Å²) in [5.74, 6) is 0. The molecule has 0 aliphatic rings. The predicted octanol–water partition coefficient (Wildman–Crippen LogP) is 1.87. The highest BCUT2D eigenvalue weighted by atomic mass is 32.2. The number of rotatable bonds is 9. The van der Waals surface area contributed by atoms with Crippen molar-refractivity contribution in [2.24, 2.45) is 0 Å². The zero-order valence-corrected chi connectivity index (χ0v) is 14.2. The standard InChI is InChI=1S/C13H24N2O3S2/c1-5-6-14-9-12-10(2)7-13(19-12)20(16,17)15-8-11(3)18-4/h7,11,14-15H,5-6,8-9H2,1-4H3. The Bertz CT molecular complexity index is 512. The smallest absolute Gasteiger partial charge is 0.250 e. The van der Waals surface area contributed by atoms with Crippen LogP contribution < -0.4 is 10.0 Å². The lowest BCUT2D eigenvalue weighted by molar-refractivity contribution is 0.122.